The summed E-state index contributed by atoms with van der Waals surface area (Å²) in [4.78, 5) is 42.4. The summed E-state index contributed by atoms with van der Waals surface area (Å²) in [6, 6.07) is -3.27. The number of amides is 2. The smallest absolute Gasteiger partial charge is 0.351 e. The first-order valence-corrected chi connectivity index (χ1v) is 16.9. The van der Waals surface area contributed by atoms with Crippen LogP contribution in [0.4, 0.5) is 5.82 Å². The molecule has 0 bridgehead atoms. The molecule has 2 saturated heterocycles. The number of hydrogen-bond donors (Lipinski definition) is 14. The standard InChI is InChI=1S/C29H53N11O11/c30-5-2-1-3-13(38-26(47)24-21(44)22(45)27(50-24)40-8-4-15(34)39-29(40)48)25(46)37-7-6-36-17-18(41)11(32)9-12(33)23(17)51-28-16(35)20(43)19(42)14(10-31)49-28/h4,8,11-14,16-24,27-28,36,41-45H,1-3,5-7,9-10,30-33,35H2,(H,37,46)(H,38,47)(H2,34,39,48)/t11-,12+,13+,14-,16-,17+,18+,19-,20-,21+,22-,23-,24+,27-,28-/m1/s1. The number of ether oxygens (including phenoxy) is 3. The number of nitrogens with one attached hydrogen (secondary N) is 3. The zero-order valence-corrected chi connectivity index (χ0v) is 28.0. The zero-order valence-electron chi connectivity index (χ0n) is 28.0. The van der Waals surface area contributed by atoms with Crippen molar-refractivity contribution in [2.24, 2.45) is 28.7 Å². The van der Waals surface area contributed by atoms with Gasteiger partial charge in [-0.1, -0.05) is 0 Å². The molecule has 3 heterocycles. The molecule has 51 heavy (non-hydrogen) atoms. The lowest BCUT2D eigenvalue weighted by Crippen LogP contribution is -2.70. The highest BCUT2D eigenvalue weighted by molar-refractivity contribution is 5.89. The highest BCUT2D eigenvalue weighted by Crippen LogP contribution is 2.29. The Morgan fingerprint density at radius 1 is 0.980 bits per heavy atom. The molecule has 0 aromatic carbocycles. The van der Waals surface area contributed by atoms with Crippen LogP contribution in [0.2, 0.25) is 0 Å². The molecule has 3 fully saturated rings. The Kier molecular flexibility index (Phi) is 14.6. The Morgan fingerprint density at radius 3 is 2.37 bits per heavy atom. The first-order valence-electron chi connectivity index (χ1n) is 16.9. The molecule has 1 aliphatic carbocycles. The van der Waals surface area contributed by atoms with E-state index < -0.39 is 109 Å². The fraction of sp³-hybridized carbons (Fsp3) is 0.793. The minimum atomic E-state index is -1.74. The van der Waals surface area contributed by atoms with Crippen molar-refractivity contribution < 1.29 is 49.3 Å². The summed E-state index contributed by atoms with van der Waals surface area (Å²) in [6.45, 7) is 0.292. The number of carbonyl (C=O) groups excluding carboxylic acids is 2. The lowest BCUT2D eigenvalue weighted by atomic mass is 9.82. The van der Waals surface area contributed by atoms with Crippen LogP contribution in [0.15, 0.2) is 17.1 Å². The minimum Gasteiger partial charge on any atom is -0.390 e. The quantitative estimate of drug-likeness (QED) is 0.0744. The molecule has 3 aliphatic rings. The number of rotatable bonds is 15. The molecule has 0 spiro atoms. The Bertz CT molecular complexity index is 1360. The Balaban J connectivity index is 1.36. The molecule has 4 rings (SSSR count). The van der Waals surface area contributed by atoms with Crippen molar-refractivity contribution in [2.75, 3.05) is 31.9 Å². The number of nitrogen functional groups attached to an aromatic ring is 1. The number of nitrogens with two attached hydrogens (primary N) is 6. The van der Waals surface area contributed by atoms with E-state index in [1.54, 1.807) is 0 Å². The zero-order chi connectivity index (χ0) is 37.6. The summed E-state index contributed by atoms with van der Waals surface area (Å²) in [5.41, 5.74) is 34.5. The highest BCUT2D eigenvalue weighted by atomic mass is 16.7. The van der Waals surface area contributed by atoms with Crippen molar-refractivity contribution >= 4 is 17.6 Å². The Labute approximate surface area is 293 Å². The third kappa shape index (κ3) is 9.54. The van der Waals surface area contributed by atoms with Crippen LogP contribution in [-0.4, -0.2) is 158 Å². The number of aliphatic hydroxyl groups excluding tert-OH is 5. The normalized spacial score (nSPS) is 37.5. The van der Waals surface area contributed by atoms with Crippen molar-refractivity contribution in [1.82, 2.24) is 25.5 Å². The molecule has 1 aromatic heterocycles. The van der Waals surface area contributed by atoms with Gasteiger partial charge in [-0.05, 0) is 38.3 Å². The average molecular weight is 732 g/mol. The Morgan fingerprint density at radius 2 is 1.71 bits per heavy atom. The summed E-state index contributed by atoms with van der Waals surface area (Å²) in [5.74, 6) is -1.56. The topological polar surface area (TPSA) is 390 Å². The number of aliphatic hydroxyl groups is 5. The van der Waals surface area contributed by atoms with Crippen LogP contribution in [-0.2, 0) is 23.8 Å². The van der Waals surface area contributed by atoms with E-state index in [1.165, 1.54) is 12.3 Å². The number of unbranched alkanes of at least 4 members (excludes halogenated alkanes) is 1. The van der Waals surface area contributed by atoms with E-state index >= 15 is 0 Å². The van der Waals surface area contributed by atoms with Crippen LogP contribution < -0.4 is 56.0 Å². The van der Waals surface area contributed by atoms with E-state index in [0.717, 1.165) is 4.57 Å². The monoisotopic (exact) mass is 731 g/mol. The first-order chi connectivity index (χ1) is 24.2. The summed E-state index contributed by atoms with van der Waals surface area (Å²) >= 11 is 0. The third-order valence-corrected chi connectivity index (χ3v) is 9.41. The van der Waals surface area contributed by atoms with Crippen LogP contribution in [0, 0.1) is 0 Å². The largest absolute Gasteiger partial charge is 0.390 e. The predicted octanol–water partition coefficient (Wildman–Crippen LogP) is -8.33. The minimum absolute atomic E-state index is 0.00149. The van der Waals surface area contributed by atoms with Crippen molar-refractivity contribution in [3.05, 3.63) is 22.7 Å². The van der Waals surface area contributed by atoms with Gasteiger partial charge in [0, 0.05) is 37.9 Å². The molecule has 0 unspecified atom stereocenters. The van der Waals surface area contributed by atoms with Crippen LogP contribution in [0.1, 0.15) is 31.9 Å². The van der Waals surface area contributed by atoms with Gasteiger partial charge in [0.1, 0.15) is 42.4 Å². The molecule has 15 atom stereocenters. The highest BCUT2D eigenvalue weighted by Gasteiger charge is 2.49. The van der Waals surface area contributed by atoms with Crippen molar-refractivity contribution in [2.45, 2.75) is 117 Å². The summed E-state index contributed by atoms with van der Waals surface area (Å²) in [7, 11) is 0. The van der Waals surface area contributed by atoms with Gasteiger partial charge >= 0.3 is 5.69 Å². The van der Waals surface area contributed by atoms with E-state index in [4.69, 9.17) is 48.6 Å². The Hall–Kier alpha value is -2.94. The summed E-state index contributed by atoms with van der Waals surface area (Å²) in [5, 5.41) is 61.1. The van der Waals surface area contributed by atoms with Gasteiger partial charge in [-0.25, -0.2) is 4.79 Å². The predicted molar refractivity (Wildman–Crippen MR) is 178 cm³/mol. The fourth-order valence-corrected chi connectivity index (χ4v) is 6.45. The molecule has 2 aliphatic heterocycles. The van der Waals surface area contributed by atoms with Gasteiger partial charge in [0.2, 0.25) is 5.91 Å². The van der Waals surface area contributed by atoms with Crippen LogP contribution in [0.3, 0.4) is 0 Å². The molecule has 1 saturated carbocycles. The molecule has 22 nitrogen and oxygen atoms in total. The lowest BCUT2D eigenvalue weighted by molar-refractivity contribution is -0.279. The van der Waals surface area contributed by atoms with Gasteiger partial charge in [0.25, 0.3) is 5.91 Å². The molecular weight excluding hydrogens is 678 g/mol. The van der Waals surface area contributed by atoms with Crippen LogP contribution in [0.5, 0.6) is 0 Å². The molecule has 0 radical (unpaired) electrons. The maximum atomic E-state index is 13.3. The van der Waals surface area contributed by atoms with Gasteiger partial charge in [0.15, 0.2) is 18.6 Å². The van der Waals surface area contributed by atoms with E-state index in [0.29, 0.717) is 19.4 Å². The number of anilines is 1. The van der Waals surface area contributed by atoms with Gasteiger partial charge in [-0.3, -0.25) is 14.2 Å². The number of aromatic nitrogens is 2. The van der Waals surface area contributed by atoms with Crippen molar-refractivity contribution in [1.29, 1.82) is 0 Å². The number of carbonyl (C=O) groups is 2. The van der Waals surface area contributed by atoms with Gasteiger partial charge < -0.3 is 90.1 Å². The average Bonchev–Trinajstić information content (AvgIpc) is 3.39. The second-order valence-electron chi connectivity index (χ2n) is 13.1. The SMILES string of the molecule is NCCCC[C@H](NC(=O)[C@H]1O[C@@H](n2ccc(N)nc2=O)[C@H](O)[C@@H]1O)C(=O)NCCN[C@H]1[C@@H](O)[C@H](N)C[C@H](N)[C@H]1O[C@H]1O[C@H](CN)[C@@H](O)[C@H](O)[C@H]1N. The third-order valence-electron chi connectivity index (χ3n) is 9.41. The van der Waals surface area contributed by atoms with E-state index in [-0.39, 0.29) is 38.3 Å². The van der Waals surface area contributed by atoms with E-state index in [2.05, 4.69) is 20.9 Å². The summed E-state index contributed by atoms with van der Waals surface area (Å²) < 4.78 is 18.2. The maximum absolute atomic E-state index is 13.3. The van der Waals surface area contributed by atoms with Gasteiger partial charge in [-0.2, -0.15) is 4.98 Å². The van der Waals surface area contributed by atoms with Crippen LogP contribution >= 0.6 is 0 Å². The second-order valence-corrected chi connectivity index (χ2v) is 13.1. The molecule has 22 heteroatoms. The van der Waals surface area contributed by atoms with Gasteiger partial charge in [-0.15, -0.1) is 0 Å². The molecule has 1 aromatic rings. The van der Waals surface area contributed by atoms with Gasteiger partial charge in [0.05, 0.1) is 24.3 Å². The van der Waals surface area contributed by atoms with E-state index in [1.807, 2.05) is 0 Å². The van der Waals surface area contributed by atoms with Crippen LogP contribution in [0.25, 0.3) is 0 Å². The van der Waals surface area contributed by atoms with Crippen molar-refractivity contribution in [3.8, 4) is 0 Å². The summed E-state index contributed by atoms with van der Waals surface area (Å²) in [6.07, 6.45) is -10.9. The molecule has 2 amide bonds. The second kappa shape index (κ2) is 18.2. The van der Waals surface area contributed by atoms with Crippen molar-refractivity contribution in [3.63, 3.8) is 0 Å². The van der Waals surface area contributed by atoms with E-state index in [9.17, 15) is 39.9 Å². The number of hydrogen-bond acceptors (Lipinski definition) is 19. The molecular formula is C29H53N11O11. The molecule has 290 valence electrons. The number of nitrogens with zero attached hydrogens (tertiary/aromatic N) is 2. The first kappa shape index (κ1) is 40.8. The lowest BCUT2D eigenvalue weighted by Gasteiger charge is -2.47. The maximum Gasteiger partial charge on any atom is 0.351 e. The fourth-order valence-electron chi connectivity index (χ4n) is 6.45. The molecule has 20 N–H and O–H groups in total.